The van der Waals surface area contributed by atoms with Crippen molar-refractivity contribution in [2.75, 3.05) is 0 Å². The van der Waals surface area contributed by atoms with E-state index in [1.165, 1.54) is 57.8 Å². The van der Waals surface area contributed by atoms with Crippen LogP contribution >= 0.6 is 0 Å². The Hall–Kier alpha value is -0.260. The number of hydrogen-bond acceptors (Lipinski definition) is 0. The van der Waals surface area contributed by atoms with Crippen LogP contribution in [0.3, 0.4) is 0 Å². The third-order valence-corrected chi connectivity index (χ3v) is 7.44. The molecule has 0 fully saturated rings. The van der Waals surface area contributed by atoms with E-state index in [-0.39, 0.29) is 0 Å². The lowest BCUT2D eigenvalue weighted by atomic mass is 9.64. The molecule has 1 rings (SSSR count). The Kier molecular flexibility index (Phi) is 10.6. The zero-order chi connectivity index (χ0) is 19.7. The highest BCUT2D eigenvalue weighted by Crippen LogP contribution is 2.45. The van der Waals surface area contributed by atoms with Gasteiger partial charge in [0.2, 0.25) is 0 Å². The molecule has 0 aliphatic heterocycles. The van der Waals surface area contributed by atoms with E-state index in [2.05, 4.69) is 67.5 Å². The lowest BCUT2D eigenvalue weighted by Gasteiger charge is -2.42. The molecule has 154 valence electrons. The number of rotatable bonds is 12. The van der Waals surface area contributed by atoms with E-state index in [4.69, 9.17) is 0 Å². The fraction of sp³-hybridized carbons (Fsp3) is 0.923. The van der Waals surface area contributed by atoms with Crippen LogP contribution in [0.15, 0.2) is 12.2 Å². The van der Waals surface area contributed by atoms with Gasteiger partial charge in [0.1, 0.15) is 0 Å². The lowest BCUT2D eigenvalue weighted by molar-refractivity contribution is 0.0857. The Labute approximate surface area is 166 Å². The minimum atomic E-state index is 0.505. The minimum absolute atomic E-state index is 0.505. The molecule has 0 aromatic heterocycles. The van der Waals surface area contributed by atoms with Crippen molar-refractivity contribution in [3.05, 3.63) is 12.2 Å². The molecule has 0 heterocycles. The van der Waals surface area contributed by atoms with E-state index in [0.29, 0.717) is 5.41 Å². The van der Waals surface area contributed by atoms with Gasteiger partial charge in [-0.05, 0) is 92.3 Å². The predicted molar refractivity (Wildman–Crippen MR) is 119 cm³/mol. The Bertz CT molecular complexity index is 391. The second kappa shape index (κ2) is 11.6. The second-order valence-electron chi connectivity index (χ2n) is 10.8. The molecule has 26 heavy (non-hydrogen) atoms. The van der Waals surface area contributed by atoms with E-state index in [9.17, 15) is 0 Å². The molecule has 5 unspecified atom stereocenters. The molecule has 1 aliphatic rings. The minimum Gasteiger partial charge on any atom is -0.0885 e. The summed E-state index contributed by atoms with van der Waals surface area (Å²) in [5.74, 6) is 5.19. The summed E-state index contributed by atoms with van der Waals surface area (Å²) < 4.78 is 0. The van der Waals surface area contributed by atoms with Crippen molar-refractivity contribution in [1.82, 2.24) is 0 Å². The van der Waals surface area contributed by atoms with Gasteiger partial charge in [0.15, 0.2) is 0 Å². The SMILES string of the molecule is CCC(C)C(C)C(C)(CCC(CC(C)C)CC1CC=CCC1)CC(C)C. The van der Waals surface area contributed by atoms with E-state index < -0.39 is 0 Å². The summed E-state index contributed by atoms with van der Waals surface area (Å²) in [5.41, 5.74) is 0.505. The van der Waals surface area contributed by atoms with E-state index in [1.807, 2.05) is 0 Å². The van der Waals surface area contributed by atoms with Crippen LogP contribution in [0.2, 0.25) is 0 Å². The van der Waals surface area contributed by atoms with E-state index in [0.717, 1.165) is 35.5 Å². The van der Waals surface area contributed by atoms with Crippen LogP contribution in [-0.4, -0.2) is 0 Å². The van der Waals surface area contributed by atoms with E-state index in [1.54, 1.807) is 0 Å². The molecule has 0 saturated heterocycles. The largest absolute Gasteiger partial charge is 0.0885 e. The third-order valence-electron chi connectivity index (χ3n) is 7.44. The second-order valence-corrected chi connectivity index (χ2v) is 10.8. The Morgan fingerprint density at radius 1 is 1.00 bits per heavy atom. The van der Waals surface area contributed by atoms with Crippen molar-refractivity contribution >= 4 is 0 Å². The molecule has 0 spiro atoms. The average molecular weight is 363 g/mol. The van der Waals surface area contributed by atoms with E-state index >= 15 is 0 Å². The fourth-order valence-corrected chi connectivity index (χ4v) is 5.56. The van der Waals surface area contributed by atoms with Gasteiger partial charge in [0, 0.05) is 0 Å². The fourth-order valence-electron chi connectivity index (χ4n) is 5.56. The summed E-state index contributed by atoms with van der Waals surface area (Å²) >= 11 is 0. The first-order chi connectivity index (χ1) is 12.2. The molecule has 0 heteroatoms. The Morgan fingerprint density at radius 3 is 2.19 bits per heavy atom. The first-order valence-corrected chi connectivity index (χ1v) is 11.8. The van der Waals surface area contributed by atoms with Crippen LogP contribution in [0.5, 0.6) is 0 Å². The number of hydrogen-bond donors (Lipinski definition) is 0. The summed E-state index contributed by atoms with van der Waals surface area (Å²) in [6.07, 6.45) is 17.4. The Morgan fingerprint density at radius 2 is 1.69 bits per heavy atom. The molecule has 0 nitrogen and oxygen atoms in total. The number of allylic oxidation sites excluding steroid dienone is 2. The standard InChI is InChI=1S/C26H50/c1-9-22(6)23(7)26(8,19-21(4)5)16-15-25(17-20(2)3)18-24-13-11-10-12-14-24/h10-11,20-25H,9,12-19H2,1-8H3. The zero-order valence-electron chi connectivity index (χ0n) is 19.5. The van der Waals surface area contributed by atoms with Gasteiger partial charge in [-0.1, -0.05) is 74.0 Å². The molecular formula is C26H50. The van der Waals surface area contributed by atoms with Crippen LogP contribution in [0.4, 0.5) is 0 Å². The maximum atomic E-state index is 2.61. The van der Waals surface area contributed by atoms with Gasteiger partial charge in [0.05, 0.1) is 0 Å². The summed E-state index contributed by atoms with van der Waals surface area (Å²) in [7, 11) is 0. The molecule has 0 aromatic rings. The van der Waals surface area contributed by atoms with Gasteiger partial charge >= 0.3 is 0 Å². The molecule has 5 atom stereocenters. The van der Waals surface area contributed by atoms with Crippen molar-refractivity contribution in [1.29, 1.82) is 0 Å². The molecule has 0 amide bonds. The molecule has 0 aromatic carbocycles. The highest BCUT2D eigenvalue weighted by Gasteiger charge is 2.35. The van der Waals surface area contributed by atoms with Gasteiger partial charge in [-0.15, -0.1) is 0 Å². The third kappa shape index (κ3) is 8.18. The molecular weight excluding hydrogens is 312 g/mol. The molecule has 0 saturated carbocycles. The maximum absolute atomic E-state index is 2.61. The van der Waals surface area contributed by atoms with Gasteiger partial charge in [0.25, 0.3) is 0 Å². The van der Waals surface area contributed by atoms with Gasteiger partial charge in [-0.25, -0.2) is 0 Å². The van der Waals surface area contributed by atoms with Crippen LogP contribution in [-0.2, 0) is 0 Å². The highest BCUT2D eigenvalue weighted by molar-refractivity contribution is 4.91. The molecule has 1 aliphatic carbocycles. The van der Waals surface area contributed by atoms with Crippen LogP contribution in [0.1, 0.15) is 113 Å². The van der Waals surface area contributed by atoms with Crippen LogP contribution in [0, 0.1) is 40.9 Å². The lowest BCUT2D eigenvalue weighted by Crippen LogP contribution is -2.32. The quantitative estimate of drug-likeness (QED) is 0.304. The monoisotopic (exact) mass is 362 g/mol. The first kappa shape index (κ1) is 23.8. The van der Waals surface area contributed by atoms with Crippen molar-refractivity contribution in [3.63, 3.8) is 0 Å². The predicted octanol–water partition coefficient (Wildman–Crippen LogP) is 8.91. The smallest absolute Gasteiger partial charge is 0.0295 e. The van der Waals surface area contributed by atoms with Crippen molar-refractivity contribution in [2.24, 2.45) is 40.9 Å². The van der Waals surface area contributed by atoms with Gasteiger partial charge in [-0.2, -0.15) is 0 Å². The summed E-state index contributed by atoms with van der Waals surface area (Å²) in [5, 5.41) is 0. The molecule has 0 bridgehead atoms. The van der Waals surface area contributed by atoms with Crippen molar-refractivity contribution in [2.45, 2.75) is 113 Å². The van der Waals surface area contributed by atoms with Crippen molar-refractivity contribution in [3.8, 4) is 0 Å². The van der Waals surface area contributed by atoms with Crippen LogP contribution < -0.4 is 0 Å². The molecule has 0 radical (unpaired) electrons. The van der Waals surface area contributed by atoms with Crippen molar-refractivity contribution < 1.29 is 0 Å². The first-order valence-electron chi connectivity index (χ1n) is 11.8. The van der Waals surface area contributed by atoms with Gasteiger partial charge in [-0.3, -0.25) is 0 Å². The zero-order valence-corrected chi connectivity index (χ0v) is 19.5. The summed E-state index contributed by atoms with van der Waals surface area (Å²) in [4.78, 5) is 0. The molecule has 0 N–H and O–H groups in total. The normalized spacial score (nSPS) is 23.8. The van der Waals surface area contributed by atoms with Gasteiger partial charge < -0.3 is 0 Å². The summed E-state index contributed by atoms with van der Waals surface area (Å²) in [6.45, 7) is 19.7. The summed E-state index contributed by atoms with van der Waals surface area (Å²) in [6, 6.07) is 0. The topological polar surface area (TPSA) is 0 Å². The highest BCUT2D eigenvalue weighted by atomic mass is 14.4. The Balaban J connectivity index is 2.76. The van der Waals surface area contributed by atoms with Crippen LogP contribution in [0.25, 0.3) is 0 Å². The maximum Gasteiger partial charge on any atom is -0.0295 e. The average Bonchev–Trinajstić information content (AvgIpc) is 2.58.